The van der Waals surface area contributed by atoms with Gasteiger partial charge in [-0.15, -0.1) is 0 Å². The molecule has 1 aliphatic rings. The zero-order valence-electron chi connectivity index (χ0n) is 7.36. The first-order valence-electron chi connectivity index (χ1n) is 3.95. The molecule has 74 valence electrons. The minimum Gasteiger partial charge on any atom is -0.259 e. The van der Waals surface area contributed by atoms with Crippen LogP contribution >= 0.6 is 0 Å². The van der Waals surface area contributed by atoms with Crippen LogP contribution in [0.15, 0.2) is 27.2 Å². The lowest BCUT2D eigenvalue weighted by molar-refractivity contribution is -0.386. The number of azide groups is 1. The summed E-state index contributed by atoms with van der Waals surface area (Å²) >= 11 is 0. The van der Waals surface area contributed by atoms with Crippen molar-refractivity contribution in [1.82, 2.24) is 0 Å². The van der Waals surface area contributed by atoms with Crippen molar-refractivity contribution in [3.05, 3.63) is 43.4 Å². The van der Waals surface area contributed by atoms with Gasteiger partial charge >= 0.3 is 0 Å². The van der Waals surface area contributed by atoms with Crippen molar-refractivity contribution in [3.8, 4) is 0 Å². The van der Waals surface area contributed by atoms with Gasteiger partial charge in [-0.3, -0.25) is 20.1 Å². The third-order valence-corrected chi connectivity index (χ3v) is 1.92. The first-order chi connectivity index (χ1) is 7.24. The maximum absolute atomic E-state index is 10.6. The van der Waals surface area contributed by atoms with E-state index in [0.717, 1.165) is 0 Å². The largest absolute Gasteiger partial charge is 0.296 e. The summed E-state index contributed by atoms with van der Waals surface area (Å²) in [5, 5.41) is 14.5. The summed E-state index contributed by atoms with van der Waals surface area (Å²) in [6.07, 6.45) is 0. The van der Waals surface area contributed by atoms with Crippen molar-refractivity contribution < 1.29 is 4.92 Å². The van der Waals surface area contributed by atoms with Crippen molar-refractivity contribution in [3.63, 3.8) is 0 Å². The molecule has 1 aromatic rings. The second-order valence-corrected chi connectivity index (χ2v) is 2.71. The minimum absolute atomic E-state index is 0.122. The van der Waals surface area contributed by atoms with E-state index in [9.17, 15) is 10.1 Å². The predicted octanol–water partition coefficient (Wildman–Crippen LogP) is 0.747. The normalized spacial score (nSPS) is 12.0. The molecule has 15 heavy (non-hydrogen) atoms. The average Bonchev–Trinajstić information content (AvgIpc) is 2.66. The second-order valence-electron chi connectivity index (χ2n) is 2.71. The summed E-state index contributed by atoms with van der Waals surface area (Å²) in [5.41, 5.74) is 8.42. The number of nitro groups is 1. The SMILES string of the molecule is [N-]=[N+]=Nc1ccc([N+](=O)[O-])c2c1=NCN=2. The number of fused-ring (bicyclic) bond motifs is 1. The minimum atomic E-state index is -0.539. The highest BCUT2D eigenvalue weighted by molar-refractivity contribution is 5.44. The number of benzene rings is 1. The van der Waals surface area contributed by atoms with Gasteiger partial charge in [0.25, 0.3) is 5.69 Å². The van der Waals surface area contributed by atoms with Gasteiger partial charge in [0, 0.05) is 11.0 Å². The lowest BCUT2D eigenvalue weighted by Gasteiger charge is -1.92. The number of nitrogens with zero attached hydrogens (tertiary/aromatic N) is 6. The highest BCUT2D eigenvalue weighted by Crippen LogP contribution is 2.10. The summed E-state index contributed by atoms with van der Waals surface area (Å²) in [6, 6.07) is 2.62. The van der Waals surface area contributed by atoms with E-state index in [1.54, 1.807) is 0 Å². The fourth-order valence-corrected chi connectivity index (χ4v) is 1.32. The fraction of sp³-hybridized carbons (Fsp3) is 0.143. The Labute approximate surface area is 82.4 Å². The van der Waals surface area contributed by atoms with Crippen LogP contribution in [0, 0.1) is 10.1 Å². The summed E-state index contributed by atoms with van der Waals surface area (Å²) in [4.78, 5) is 20.5. The van der Waals surface area contributed by atoms with Crippen molar-refractivity contribution in [2.45, 2.75) is 0 Å². The highest BCUT2D eigenvalue weighted by Gasteiger charge is 2.15. The van der Waals surface area contributed by atoms with Crippen molar-refractivity contribution in [2.24, 2.45) is 15.1 Å². The molecular weight excluding hydrogens is 200 g/mol. The van der Waals surface area contributed by atoms with Crippen molar-refractivity contribution in [1.29, 1.82) is 0 Å². The quantitative estimate of drug-likeness (QED) is 0.232. The molecule has 0 atom stereocenters. The van der Waals surface area contributed by atoms with Gasteiger partial charge in [-0.25, -0.2) is 0 Å². The van der Waals surface area contributed by atoms with Gasteiger partial charge < -0.3 is 0 Å². The molecule has 0 unspecified atom stereocenters. The molecule has 2 rings (SSSR count). The molecule has 0 bridgehead atoms. The highest BCUT2D eigenvalue weighted by atomic mass is 16.6. The molecule has 0 aromatic heterocycles. The van der Waals surface area contributed by atoms with E-state index in [4.69, 9.17) is 5.53 Å². The fourth-order valence-electron chi connectivity index (χ4n) is 1.32. The van der Waals surface area contributed by atoms with Crippen LogP contribution in [0.3, 0.4) is 0 Å². The first-order valence-corrected chi connectivity index (χ1v) is 3.95. The molecule has 0 spiro atoms. The lowest BCUT2D eigenvalue weighted by atomic mass is 10.2. The van der Waals surface area contributed by atoms with Crippen molar-refractivity contribution >= 4 is 11.4 Å². The topological polar surface area (TPSA) is 117 Å². The van der Waals surface area contributed by atoms with Crippen LogP contribution in [-0.4, -0.2) is 11.6 Å². The Hall–Kier alpha value is -2.47. The maximum Gasteiger partial charge on any atom is 0.296 e. The zero-order valence-corrected chi connectivity index (χ0v) is 7.36. The Kier molecular flexibility index (Phi) is 2.03. The van der Waals surface area contributed by atoms with Gasteiger partial charge in [-0.05, 0) is 11.6 Å². The van der Waals surface area contributed by atoms with E-state index < -0.39 is 4.92 Å². The van der Waals surface area contributed by atoms with Gasteiger partial charge in [0.15, 0.2) is 5.36 Å². The number of hydrogen-bond acceptors (Lipinski definition) is 5. The molecule has 0 aliphatic carbocycles. The van der Waals surface area contributed by atoms with Crippen LogP contribution in [0.25, 0.3) is 10.4 Å². The Morgan fingerprint density at radius 3 is 2.87 bits per heavy atom. The van der Waals surface area contributed by atoms with Gasteiger partial charge in [-0.2, -0.15) is 0 Å². The Morgan fingerprint density at radius 2 is 2.20 bits per heavy atom. The molecule has 1 aromatic carbocycles. The molecule has 0 saturated carbocycles. The maximum atomic E-state index is 10.6. The van der Waals surface area contributed by atoms with Gasteiger partial charge in [0.2, 0.25) is 0 Å². The molecule has 1 aliphatic heterocycles. The molecular formula is C7H4N6O2. The van der Waals surface area contributed by atoms with Crippen LogP contribution < -0.4 is 10.7 Å². The summed E-state index contributed by atoms with van der Waals surface area (Å²) in [6.45, 7) is 0.133. The Morgan fingerprint density at radius 1 is 1.47 bits per heavy atom. The number of hydrogen-bond donors (Lipinski definition) is 0. The number of rotatable bonds is 2. The second kappa shape index (κ2) is 3.35. The molecule has 8 nitrogen and oxygen atoms in total. The summed E-state index contributed by atoms with van der Waals surface area (Å²) in [7, 11) is 0. The molecule has 0 amide bonds. The molecule has 1 heterocycles. The van der Waals surface area contributed by atoms with Crippen LogP contribution in [0.5, 0.6) is 0 Å². The predicted molar refractivity (Wildman–Crippen MR) is 49.1 cm³/mol. The van der Waals surface area contributed by atoms with Gasteiger partial charge in [0.05, 0.1) is 10.6 Å². The Bertz CT molecular complexity index is 562. The van der Waals surface area contributed by atoms with Gasteiger partial charge in [-0.1, -0.05) is 5.11 Å². The third kappa shape index (κ3) is 1.38. The van der Waals surface area contributed by atoms with Gasteiger partial charge in [0.1, 0.15) is 12.0 Å². The van der Waals surface area contributed by atoms with Crippen LogP contribution in [0.2, 0.25) is 0 Å². The Balaban J connectivity index is 2.83. The van der Waals surface area contributed by atoms with E-state index in [1.807, 2.05) is 0 Å². The summed E-state index contributed by atoms with van der Waals surface area (Å²) in [5.74, 6) is 0. The monoisotopic (exact) mass is 204 g/mol. The van der Waals surface area contributed by atoms with Crippen molar-refractivity contribution in [2.75, 3.05) is 6.67 Å². The number of nitro benzene ring substituents is 1. The number of non-ortho nitro benzene ring substituents is 1. The van der Waals surface area contributed by atoms with E-state index in [0.29, 0.717) is 5.36 Å². The van der Waals surface area contributed by atoms with E-state index >= 15 is 0 Å². The standard InChI is InChI=1S/C7H4N6O2/c8-12-11-4-1-2-5(13(14)15)7-6(4)9-3-10-7/h1-2H,3H2. The van der Waals surface area contributed by atoms with E-state index in [-0.39, 0.29) is 23.4 Å². The van der Waals surface area contributed by atoms with Crippen LogP contribution in [-0.2, 0) is 0 Å². The van der Waals surface area contributed by atoms with E-state index in [1.165, 1.54) is 12.1 Å². The molecule has 0 radical (unpaired) electrons. The summed E-state index contributed by atoms with van der Waals surface area (Å²) < 4.78 is 0. The molecule has 0 N–H and O–H groups in total. The average molecular weight is 204 g/mol. The molecule has 0 fully saturated rings. The van der Waals surface area contributed by atoms with Crippen LogP contribution in [0.1, 0.15) is 0 Å². The first kappa shape index (κ1) is 9.10. The molecule has 8 heteroatoms. The third-order valence-electron chi connectivity index (χ3n) is 1.92. The van der Waals surface area contributed by atoms with E-state index in [2.05, 4.69) is 20.0 Å². The zero-order chi connectivity index (χ0) is 10.8. The molecule has 0 saturated heterocycles. The van der Waals surface area contributed by atoms with Crippen LogP contribution in [0.4, 0.5) is 11.4 Å². The smallest absolute Gasteiger partial charge is 0.259 e. The lowest BCUT2D eigenvalue weighted by Crippen LogP contribution is -2.25.